The van der Waals surface area contributed by atoms with Gasteiger partial charge in [-0.15, -0.1) is 23.2 Å². The molecule has 0 unspecified atom stereocenters. The zero-order chi connectivity index (χ0) is 7.98. The van der Waals surface area contributed by atoms with Crippen LogP contribution in [0.25, 0.3) is 0 Å². The van der Waals surface area contributed by atoms with Gasteiger partial charge in [0.05, 0.1) is 0 Å². The number of carbonyl (C=O) groups is 1. The minimum Gasteiger partial charge on any atom is -0.350 e. The van der Waals surface area contributed by atoms with Crippen LogP contribution >= 0.6 is 23.2 Å². The predicted molar refractivity (Wildman–Crippen MR) is 41.3 cm³/mol. The Morgan fingerprint density at radius 2 is 2.40 bits per heavy atom. The first-order valence-electron chi connectivity index (χ1n) is 2.48. The Balaban J connectivity index is 3.29. The van der Waals surface area contributed by atoms with Crippen LogP contribution in [0.3, 0.4) is 0 Å². The molecule has 0 aromatic heterocycles. The van der Waals surface area contributed by atoms with E-state index in [9.17, 15) is 4.79 Å². The molecule has 4 nitrogen and oxygen atoms in total. The van der Waals surface area contributed by atoms with E-state index in [4.69, 9.17) is 23.2 Å². The number of nitrogens with one attached hydrogen (secondary N) is 1. The second kappa shape index (κ2) is 5.32. The van der Waals surface area contributed by atoms with Gasteiger partial charge in [-0.2, -0.15) is 5.10 Å². The molecule has 0 aliphatic carbocycles. The number of primary amides is 1. The smallest absolute Gasteiger partial charge is 0.332 e. The number of alkyl halides is 2. The molecule has 0 rings (SSSR count). The minimum absolute atomic E-state index is 0.378. The fourth-order valence-corrected chi connectivity index (χ4v) is 0.401. The van der Waals surface area contributed by atoms with Crippen LogP contribution in [0.15, 0.2) is 5.10 Å². The lowest BCUT2D eigenvalue weighted by Crippen LogP contribution is -2.24. The standard InChI is InChI=1S/C4H7Cl2N3O/c5-3(6)1-2-8-9-4(7)10/h2-3H,1H2,(H3,7,9,10)/b8-2+. The van der Waals surface area contributed by atoms with E-state index in [-0.39, 0.29) is 0 Å². The topological polar surface area (TPSA) is 67.5 Å². The monoisotopic (exact) mass is 183 g/mol. The van der Waals surface area contributed by atoms with Crippen molar-refractivity contribution >= 4 is 35.4 Å². The highest BCUT2D eigenvalue weighted by Crippen LogP contribution is 2.03. The SMILES string of the molecule is NC(=O)N/N=C/CC(Cl)Cl. The minimum atomic E-state index is -0.711. The fourth-order valence-electron chi connectivity index (χ4n) is 0.242. The number of carbonyl (C=O) groups excluding carboxylic acids is 1. The van der Waals surface area contributed by atoms with Gasteiger partial charge < -0.3 is 5.73 Å². The maximum absolute atomic E-state index is 9.98. The molecule has 0 spiro atoms. The molecule has 6 heteroatoms. The third-order valence-electron chi connectivity index (χ3n) is 0.550. The van der Waals surface area contributed by atoms with Crippen LogP contribution in [-0.2, 0) is 0 Å². The van der Waals surface area contributed by atoms with Crippen molar-refractivity contribution in [2.75, 3.05) is 0 Å². The summed E-state index contributed by atoms with van der Waals surface area (Å²) in [4.78, 5) is 9.47. The third-order valence-corrected chi connectivity index (χ3v) is 0.906. The number of halogens is 2. The van der Waals surface area contributed by atoms with E-state index in [1.54, 1.807) is 0 Å². The van der Waals surface area contributed by atoms with Crippen molar-refractivity contribution in [1.29, 1.82) is 0 Å². The van der Waals surface area contributed by atoms with Crippen molar-refractivity contribution in [2.24, 2.45) is 10.8 Å². The normalized spacial score (nSPS) is 10.7. The summed E-state index contributed by atoms with van der Waals surface area (Å²) in [6.07, 6.45) is 1.75. The Bertz CT molecular complexity index is 136. The number of hydrogen-bond acceptors (Lipinski definition) is 2. The Kier molecular flexibility index (Phi) is 5.06. The summed E-state index contributed by atoms with van der Waals surface area (Å²) in [5, 5.41) is 3.39. The molecule has 2 amide bonds. The van der Waals surface area contributed by atoms with Gasteiger partial charge in [-0.1, -0.05) is 0 Å². The van der Waals surface area contributed by atoms with Crippen molar-refractivity contribution < 1.29 is 4.79 Å². The fraction of sp³-hybridized carbons (Fsp3) is 0.500. The number of nitrogens with two attached hydrogens (primary N) is 1. The maximum atomic E-state index is 9.98. The van der Waals surface area contributed by atoms with Gasteiger partial charge >= 0.3 is 6.03 Å². The van der Waals surface area contributed by atoms with Crippen molar-refractivity contribution in [3.05, 3.63) is 0 Å². The van der Waals surface area contributed by atoms with Gasteiger partial charge in [0, 0.05) is 12.6 Å². The molecule has 58 valence electrons. The largest absolute Gasteiger partial charge is 0.350 e. The highest BCUT2D eigenvalue weighted by Gasteiger charge is 1.92. The maximum Gasteiger partial charge on any atom is 0.332 e. The number of amides is 2. The Hall–Kier alpha value is -0.480. The second-order valence-electron chi connectivity index (χ2n) is 1.41. The van der Waals surface area contributed by atoms with Crippen LogP contribution in [0.5, 0.6) is 0 Å². The van der Waals surface area contributed by atoms with Crippen molar-refractivity contribution in [1.82, 2.24) is 5.43 Å². The zero-order valence-corrected chi connectivity index (χ0v) is 6.56. The molecule has 0 saturated carbocycles. The number of urea groups is 1. The average Bonchev–Trinajstić information content (AvgIpc) is 1.79. The molecule has 0 aliphatic rings. The van der Waals surface area contributed by atoms with E-state index in [0.29, 0.717) is 6.42 Å². The van der Waals surface area contributed by atoms with Gasteiger partial charge in [0.1, 0.15) is 4.84 Å². The molecule has 3 N–H and O–H groups in total. The van der Waals surface area contributed by atoms with Crippen molar-refractivity contribution in [3.8, 4) is 0 Å². The number of nitrogens with zero attached hydrogens (tertiary/aromatic N) is 1. The van der Waals surface area contributed by atoms with Crippen molar-refractivity contribution in [2.45, 2.75) is 11.3 Å². The van der Waals surface area contributed by atoms with Crippen LogP contribution in [0.1, 0.15) is 6.42 Å². The van der Waals surface area contributed by atoms with Gasteiger partial charge in [0.2, 0.25) is 0 Å². The summed E-state index contributed by atoms with van der Waals surface area (Å²) in [7, 11) is 0. The highest BCUT2D eigenvalue weighted by atomic mass is 35.5. The van der Waals surface area contributed by atoms with E-state index >= 15 is 0 Å². The summed E-state index contributed by atoms with van der Waals surface area (Å²) in [6, 6.07) is -0.711. The van der Waals surface area contributed by atoms with Gasteiger partial charge in [-0.05, 0) is 0 Å². The highest BCUT2D eigenvalue weighted by molar-refractivity contribution is 6.44. The first kappa shape index (κ1) is 9.52. The van der Waals surface area contributed by atoms with Gasteiger partial charge in [0.25, 0.3) is 0 Å². The lowest BCUT2D eigenvalue weighted by Gasteiger charge is -1.92. The first-order valence-corrected chi connectivity index (χ1v) is 3.35. The van der Waals surface area contributed by atoms with Crippen LogP contribution in [0.2, 0.25) is 0 Å². The molecule has 0 aromatic carbocycles. The van der Waals surface area contributed by atoms with Crippen LogP contribution in [0, 0.1) is 0 Å². The van der Waals surface area contributed by atoms with E-state index in [1.165, 1.54) is 6.21 Å². The number of hydrogen-bond donors (Lipinski definition) is 2. The summed E-state index contributed by atoms with van der Waals surface area (Å²) in [5.41, 5.74) is 6.67. The zero-order valence-electron chi connectivity index (χ0n) is 5.05. The van der Waals surface area contributed by atoms with Crippen molar-refractivity contribution in [3.63, 3.8) is 0 Å². The van der Waals surface area contributed by atoms with Crippen LogP contribution < -0.4 is 11.2 Å². The molecule has 0 aliphatic heterocycles. The Labute approximate surface area is 68.4 Å². The molecule has 0 atom stereocenters. The van der Waals surface area contributed by atoms with Gasteiger partial charge in [0.15, 0.2) is 0 Å². The quantitative estimate of drug-likeness (QED) is 0.380. The van der Waals surface area contributed by atoms with Crippen LogP contribution in [-0.4, -0.2) is 17.1 Å². The average molecular weight is 184 g/mol. The molecule has 0 radical (unpaired) electrons. The summed E-state index contributed by atoms with van der Waals surface area (Å²) >= 11 is 10.6. The summed E-state index contributed by atoms with van der Waals surface area (Å²) in [5.74, 6) is 0. The lowest BCUT2D eigenvalue weighted by atomic mass is 10.5. The second-order valence-corrected chi connectivity index (χ2v) is 2.69. The van der Waals surface area contributed by atoms with Gasteiger partial charge in [-0.3, -0.25) is 0 Å². The predicted octanol–water partition coefficient (Wildman–Crippen LogP) is 0.834. The molecule has 10 heavy (non-hydrogen) atoms. The van der Waals surface area contributed by atoms with Crippen LogP contribution in [0.4, 0.5) is 4.79 Å². The lowest BCUT2D eigenvalue weighted by molar-refractivity contribution is 0.249. The Morgan fingerprint density at radius 3 is 2.80 bits per heavy atom. The summed E-state index contributed by atoms with van der Waals surface area (Å²) in [6.45, 7) is 0. The third kappa shape index (κ3) is 7.52. The first-order chi connectivity index (χ1) is 4.63. The number of hydrazone groups is 1. The molecule has 0 fully saturated rings. The van der Waals surface area contributed by atoms with Gasteiger partial charge in [-0.25, -0.2) is 10.2 Å². The van der Waals surface area contributed by atoms with E-state index in [1.807, 2.05) is 5.43 Å². The van der Waals surface area contributed by atoms with E-state index < -0.39 is 10.9 Å². The van der Waals surface area contributed by atoms with E-state index in [2.05, 4.69) is 10.8 Å². The van der Waals surface area contributed by atoms with E-state index in [0.717, 1.165) is 0 Å². The summed E-state index contributed by atoms with van der Waals surface area (Å²) < 4.78 is 0. The molecule has 0 bridgehead atoms. The molecular weight excluding hydrogens is 177 g/mol. The Morgan fingerprint density at radius 1 is 1.80 bits per heavy atom. The molecule has 0 heterocycles. The number of rotatable bonds is 3. The molecule has 0 saturated heterocycles. The molecule has 0 aromatic rings. The molecular formula is C4H7Cl2N3O.